The molecular weight excluding hydrogens is 311 g/mol. The number of methoxy groups -OCH3 is 1. The lowest BCUT2D eigenvalue weighted by Crippen LogP contribution is -2.44. The molecule has 5 nitrogen and oxygen atoms in total. The third-order valence-electron chi connectivity index (χ3n) is 4.01. The van der Waals surface area contributed by atoms with Gasteiger partial charge in [-0.1, -0.05) is 30.3 Å². The van der Waals surface area contributed by atoms with Crippen molar-refractivity contribution >= 4 is 17.6 Å². The van der Waals surface area contributed by atoms with Gasteiger partial charge in [-0.2, -0.15) is 0 Å². The van der Waals surface area contributed by atoms with E-state index in [9.17, 15) is 14.0 Å². The molecule has 1 aliphatic rings. The number of anilines is 1. The van der Waals surface area contributed by atoms with Crippen molar-refractivity contribution in [1.29, 1.82) is 0 Å². The fraction of sp³-hybridized carbons (Fsp3) is 0.222. The first-order valence-corrected chi connectivity index (χ1v) is 7.59. The third kappa shape index (κ3) is 2.95. The molecule has 1 heterocycles. The highest BCUT2D eigenvalue weighted by Crippen LogP contribution is 2.33. The van der Waals surface area contributed by atoms with Crippen LogP contribution in [-0.4, -0.2) is 30.4 Å². The Kier molecular flexibility index (Phi) is 4.46. The number of rotatable bonds is 4. The quantitative estimate of drug-likeness (QED) is 0.877. The summed E-state index contributed by atoms with van der Waals surface area (Å²) in [6, 6.07) is 13.3. The molecule has 1 unspecified atom stereocenters. The molecule has 2 aromatic carbocycles. The van der Waals surface area contributed by atoms with Crippen LogP contribution in [0.25, 0.3) is 0 Å². The number of fused-ring (bicyclic) bond motifs is 1. The van der Waals surface area contributed by atoms with Gasteiger partial charge in [0.2, 0.25) is 0 Å². The van der Waals surface area contributed by atoms with Crippen molar-refractivity contribution in [2.45, 2.75) is 12.6 Å². The summed E-state index contributed by atoms with van der Waals surface area (Å²) in [5.74, 6) is -1.08. The number of halogens is 1. The van der Waals surface area contributed by atoms with E-state index in [0.717, 1.165) is 0 Å². The average Bonchev–Trinajstić information content (AvgIpc) is 2.61. The number of hydrogen-bond acceptors (Lipinski definition) is 4. The maximum absolute atomic E-state index is 14.2. The lowest BCUT2D eigenvalue weighted by molar-refractivity contribution is -0.140. The molecule has 2 aromatic rings. The molecule has 0 aliphatic carbocycles. The van der Waals surface area contributed by atoms with Gasteiger partial charge in [-0.25, -0.2) is 4.39 Å². The van der Waals surface area contributed by atoms with Crippen LogP contribution in [0.5, 0.6) is 0 Å². The largest absolute Gasteiger partial charge is 0.469 e. The molecule has 1 aliphatic heterocycles. The highest BCUT2D eigenvalue weighted by atomic mass is 19.1. The highest BCUT2D eigenvalue weighted by molar-refractivity contribution is 6.01. The number of nitrogens with one attached hydrogen (secondary N) is 1. The summed E-state index contributed by atoms with van der Waals surface area (Å²) >= 11 is 0. The maximum Gasteiger partial charge on any atom is 0.307 e. The molecule has 0 aromatic heterocycles. The first-order valence-electron chi connectivity index (χ1n) is 7.59. The fourth-order valence-corrected chi connectivity index (χ4v) is 2.78. The van der Waals surface area contributed by atoms with Crippen molar-refractivity contribution in [3.05, 3.63) is 65.5 Å². The smallest absolute Gasteiger partial charge is 0.307 e. The molecule has 24 heavy (non-hydrogen) atoms. The Bertz CT molecular complexity index is 778. The van der Waals surface area contributed by atoms with Crippen molar-refractivity contribution in [3.8, 4) is 0 Å². The minimum absolute atomic E-state index is 0.0387. The van der Waals surface area contributed by atoms with Gasteiger partial charge in [0.1, 0.15) is 12.0 Å². The van der Waals surface area contributed by atoms with Gasteiger partial charge >= 0.3 is 5.97 Å². The summed E-state index contributed by atoms with van der Waals surface area (Å²) < 4.78 is 18.9. The van der Waals surface area contributed by atoms with E-state index in [4.69, 9.17) is 0 Å². The zero-order valence-electron chi connectivity index (χ0n) is 13.2. The molecule has 3 rings (SSSR count). The number of ether oxygens (including phenoxy) is 1. The predicted octanol–water partition coefficient (Wildman–Crippen LogP) is 2.96. The summed E-state index contributed by atoms with van der Waals surface area (Å²) in [7, 11) is 1.29. The number of amides is 1. The number of esters is 1. The van der Waals surface area contributed by atoms with Gasteiger partial charge in [0.15, 0.2) is 0 Å². The van der Waals surface area contributed by atoms with E-state index in [1.807, 2.05) is 6.07 Å². The van der Waals surface area contributed by atoms with Crippen molar-refractivity contribution < 1.29 is 18.7 Å². The second-order valence-corrected chi connectivity index (χ2v) is 5.44. The van der Waals surface area contributed by atoms with E-state index in [1.54, 1.807) is 36.4 Å². The SMILES string of the molecule is COC(=O)CCN1C(=O)c2ccccc2NC1c1ccccc1F. The number of para-hydroxylation sites is 1. The van der Waals surface area contributed by atoms with Crippen molar-refractivity contribution in [2.24, 2.45) is 0 Å². The Morgan fingerprint density at radius 3 is 2.67 bits per heavy atom. The van der Waals surface area contributed by atoms with Crippen LogP contribution < -0.4 is 5.32 Å². The zero-order valence-corrected chi connectivity index (χ0v) is 13.2. The van der Waals surface area contributed by atoms with E-state index in [2.05, 4.69) is 10.1 Å². The molecule has 0 saturated heterocycles. The van der Waals surface area contributed by atoms with Crippen molar-refractivity contribution in [1.82, 2.24) is 4.90 Å². The Morgan fingerprint density at radius 2 is 1.92 bits per heavy atom. The lowest BCUT2D eigenvalue weighted by atomic mass is 10.0. The maximum atomic E-state index is 14.2. The van der Waals surface area contributed by atoms with E-state index in [0.29, 0.717) is 16.8 Å². The molecule has 0 spiro atoms. The summed E-state index contributed by atoms with van der Waals surface area (Å²) in [5.41, 5.74) is 1.49. The van der Waals surface area contributed by atoms with Gasteiger partial charge in [-0.15, -0.1) is 0 Å². The van der Waals surface area contributed by atoms with E-state index >= 15 is 0 Å². The Hall–Kier alpha value is -2.89. The van der Waals surface area contributed by atoms with Gasteiger partial charge < -0.3 is 15.0 Å². The predicted molar refractivity (Wildman–Crippen MR) is 86.9 cm³/mol. The standard InChI is InChI=1S/C18H17FN2O3/c1-24-16(22)10-11-21-17(12-6-2-4-8-14(12)19)20-15-9-5-3-7-13(15)18(21)23/h2-9,17,20H,10-11H2,1H3. The van der Waals surface area contributed by atoms with Crippen LogP contribution in [0.2, 0.25) is 0 Å². The van der Waals surface area contributed by atoms with Gasteiger partial charge in [-0.3, -0.25) is 9.59 Å². The van der Waals surface area contributed by atoms with Crippen LogP contribution in [0, 0.1) is 5.82 Å². The Labute approximate surface area is 139 Å². The van der Waals surface area contributed by atoms with E-state index in [1.165, 1.54) is 18.1 Å². The summed E-state index contributed by atoms with van der Waals surface area (Å²) in [6.45, 7) is 0.131. The van der Waals surface area contributed by atoms with Crippen LogP contribution in [0.1, 0.15) is 28.5 Å². The van der Waals surface area contributed by atoms with Crippen molar-refractivity contribution in [2.75, 3.05) is 19.0 Å². The number of benzene rings is 2. The topological polar surface area (TPSA) is 58.6 Å². The van der Waals surface area contributed by atoms with E-state index < -0.39 is 18.0 Å². The Morgan fingerprint density at radius 1 is 1.21 bits per heavy atom. The molecular formula is C18H17FN2O3. The van der Waals surface area contributed by atoms with Gasteiger partial charge in [-0.05, 0) is 18.2 Å². The second kappa shape index (κ2) is 6.70. The summed E-state index contributed by atoms with van der Waals surface area (Å²) in [4.78, 5) is 25.7. The van der Waals surface area contributed by atoms with Crippen LogP contribution in [0.15, 0.2) is 48.5 Å². The summed E-state index contributed by atoms with van der Waals surface area (Å²) in [5, 5.41) is 3.19. The molecule has 0 saturated carbocycles. The highest BCUT2D eigenvalue weighted by Gasteiger charge is 2.34. The van der Waals surface area contributed by atoms with Gasteiger partial charge in [0.25, 0.3) is 5.91 Å². The van der Waals surface area contributed by atoms with Crippen molar-refractivity contribution in [3.63, 3.8) is 0 Å². The summed E-state index contributed by atoms with van der Waals surface area (Å²) in [6.07, 6.45) is -0.643. The second-order valence-electron chi connectivity index (χ2n) is 5.44. The fourth-order valence-electron chi connectivity index (χ4n) is 2.78. The molecule has 1 atom stereocenters. The number of hydrogen-bond donors (Lipinski definition) is 1. The number of carbonyl (C=O) groups is 2. The molecule has 0 fully saturated rings. The molecule has 1 amide bonds. The van der Waals surface area contributed by atoms with Gasteiger partial charge in [0, 0.05) is 17.8 Å². The molecule has 0 radical (unpaired) electrons. The zero-order chi connectivity index (χ0) is 17.1. The van der Waals surface area contributed by atoms with E-state index in [-0.39, 0.29) is 18.9 Å². The lowest BCUT2D eigenvalue weighted by Gasteiger charge is -2.38. The monoisotopic (exact) mass is 328 g/mol. The molecule has 1 N–H and O–H groups in total. The minimum Gasteiger partial charge on any atom is -0.469 e. The van der Waals surface area contributed by atoms with Crippen LogP contribution in [0.4, 0.5) is 10.1 Å². The normalized spacial score (nSPS) is 16.3. The van der Waals surface area contributed by atoms with Crippen LogP contribution in [-0.2, 0) is 9.53 Å². The third-order valence-corrected chi connectivity index (χ3v) is 4.01. The number of nitrogens with zero attached hydrogens (tertiary/aromatic N) is 1. The minimum atomic E-state index is -0.682. The van der Waals surface area contributed by atoms with Gasteiger partial charge in [0.05, 0.1) is 19.1 Å². The molecule has 6 heteroatoms. The first kappa shape index (κ1) is 16.0. The average molecular weight is 328 g/mol. The first-order chi connectivity index (χ1) is 11.6. The van der Waals surface area contributed by atoms with Crippen LogP contribution in [0.3, 0.4) is 0 Å². The van der Waals surface area contributed by atoms with Crippen LogP contribution >= 0.6 is 0 Å². The molecule has 124 valence electrons. The molecule has 0 bridgehead atoms. The number of carbonyl (C=O) groups excluding carboxylic acids is 2. The Balaban J connectivity index is 1.99.